The number of carbonyl (C=O) groups is 2. The van der Waals surface area contributed by atoms with E-state index in [9.17, 15) is 14.4 Å². The molecule has 1 radical (unpaired) electrons. The fourth-order valence-corrected chi connectivity index (χ4v) is 1.85. The predicted octanol–water partition coefficient (Wildman–Crippen LogP) is 1.47. The first kappa shape index (κ1) is 27.3. The Morgan fingerprint density at radius 2 is 1.81 bits per heavy atom. The number of anilines is 1. The first-order chi connectivity index (χ1) is 12.0. The zero-order chi connectivity index (χ0) is 18.8. The van der Waals surface area contributed by atoms with Crippen LogP contribution in [0.4, 0.5) is 5.82 Å². The molecule has 0 bridgehead atoms. The van der Waals surface area contributed by atoms with Gasteiger partial charge in [-0.3, -0.25) is 14.2 Å². The molecule has 0 aliphatic carbocycles. The van der Waals surface area contributed by atoms with E-state index < -0.39 is 17.7 Å². The van der Waals surface area contributed by atoms with Gasteiger partial charge >= 0.3 is 11.7 Å². The number of nitrogens with zero attached hydrogens (tertiary/aromatic N) is 2. The van der Waals surface area contributed by atoms with E-state index in [-0.39, 0.29) is 58.4 Å². The van der Waals surface area contributed by atoms with Gasteiger partial charge < -0.3 is 23.2 Å². The molecule has 145 valence electrons. The summed E-state index contributed by atoms with van der Waals surface area (Å²) >= 11 is 0. The van der Waals surface area contributed by atoms with Gasteiger partial charge in [0.25, 0.3) is 5.91 Å². The zero-order valence-electron chi connectivity index (χ0n) is 16.0. The van der Waals surface area contributed by atoms with Crippen molar-refractivity contribution in [3.63, 3.8) is 0 Å². The molecular formula is C18H25N4O4Y-. The fraction of sp³-hybridized carbons (Fsp3) is 0.278. The number of esters is 1. The molecule has 3 N–H and O–H groups in total. The summed E-state index contributed by atoms with van der Waals surface area (Å²) in [6.07, 6.45) is 1.40. The van der Waals surface area contributed by atoms with E-state index in [4.69, 9.17) is 5.73 Å². The molecule has 9 heteroatoms. The van der Waals surface area contributed by atoms with E-state index in [1.54, 1.807) is 30.3 Å². The molecule has 0 saturated carbocycles. The van der Waals surface area contributed by atoms with Crippen LogP contribution in [0, 0.1) is 7.43 Å². The topological polar surface area (TPSA) is 116 Å². The number of rotatable bonds is 5. The second-order valence-electron chi connectivity index (χ2n) is 4.70. The van der Waals surface area contributed by atoms with Gasteiger partial charge in [-0.1, -0.05) is 32.0 Å². The molecule has 0 aliphatic heterocycles. The minimum Gasteiger partial charge on any atom is -0.468 e. The molecule has 0 saturated heterocycles. The monoisotopic (exact) mass is 450 g/mol. The molecular weight excluding hydrogens is 425 g/mol. The van der Waals surface area contributed by atoms with E-state index >= 15 is 0 Å². The molecule has 1 heterocycles. The predicted molar refractivity (Wildman–Crippen MR) is 101 cm³/mol. The van der Waals surface area contributed by atoms with Crippen molar-refractivity contribution < 1.29 is 47.0 Å². The van der Waals surface area contributed by atoms with Crippen molar-refractivity contribution in [1.29, 1.82) is 0 Å². The summed E-state index contributed by atoms with van der Waals surface area (Å²) in [4.78, 5) is 38.9. The van der Waals surface area contributed by atoms with Crippen molar-refractivity contribution in [3.05, 3.63) is 66.1 Å². The largest absolute Gasteiger partial charge is 0.468 e. The molecule has 0 aliphatic rings. The van der Waals surface area contributed by atoms with Crippen molar-refractivity contribution in [3.8, 4) is 0 Å². The average Bonchev–Trinajstić information content (AvgIpc) is 2.65. The number of amides is 1. The van der Waals surface area contributed by atoms with Crippen molar-refractivity contribution >= 4 is 17.7 Å². The summed E-state index contributed by atoms with van der Waals surface area (Å²) in [7, 11) is 1.21. The van der Waals surface area contributed by atoms with Gasteiger partial charge in [0, 0.05) is 44.5 Å². The first-order valence-electron chi connectivity index (χ1n) is 7.78. The summed E-state index contributed by atoms with van der Waals surface area (Å²) < 4.78 is 5.66. The van der Waals surface area contributed by atoms with Crippen LogP contribution < -0.4 is 16.7 Å². The molecule has 1 aromatic heterocycles. The van der Waals surface area contributed by atoms with Crippen LogP contribution in [0.2, 0.25) is 0 Å². The maximum atomic E-state index is 12.0. The van der Waals surface area contributed by atoms with Crippen LogP contribution in [0.25, 0.3) is 0 Å². The molecule has 27 heavy (non-hydrogen) atoms. The van der Waals surface area contributed by atoms with Crippen LogP contribution in [-0.2, 0) is 48.8 Å². The molecule has 1 atom stereocenters. The molecule has 2 rings (SSSR count). The number of nitrogens with two attached hydrogens (primary N) is 1. The molecule has 0 fully saturated rings. The third-order valence-electron chi connectivity index (χ3n) is 3.05. The first-order valence-corrected chi connectivity index (χ1v) is 7.78. The Morgan fingerprint density at radius 1 is 1.22 bits per heavy atom. The summed E-state index contributed by atoms with van der Waals surface area (Å²) in [6, 6.07) is 9.03. The van der Waals surface area contributed by atoms with Crippen molar-refractivity contribution in [2.45, 2.75) is 26.4 Å². The number of methoxy groups -OCH3 is 1. The Morgan fingerprint density at radius 3 is 2.33 bits per heavy atom. The number of aromatic nitrogens is 2. The average molecular weight is 450 g/mol. The van der Waals surface area contributed by atoms with Crippen molar-refractivity contribution in [1.82, 2.24) is 9.55 Å². The number of hydrogen-bond acceptors (Lipinski definition) is 6. The third kappa shape index (κ3) is 8.55. The zero-order valence-corrected chi connectivity index (χ0v) is 18.8. The molecule has 8 nitrogen and oxygen atoms in total. The van der Waals surface area contributed by atoms with Gasteiger partial charge in [-0.25, -0.2) is 4.79 Å². The number of benzene rings is 1. The number of nitrogens with one attached hydrogen (secondary N) is 1. The number of carbonyl (C=O) groups excluding carboxylic acids is 2. The summed E-state index contributed by atoms with van der Waals surface area (Å²) in [5.41, 5.74) is 5.41. The van der Waals surface area contributed by atoms with Crippen LogP contribution in [0.1, 0.15) is 24.2 Å². The quantitative estimate of drug-likeness (QED) is 0.527. The smallest absolute Gasteiger partial charge is 0.349 e. The second-order valence-corrected chi connectivity index (χ2v) is 4.70. The second kappa shape index (κ2) is 14.2. The SMILES string of the molecule is CC.COC(=O)[C@@H](N)Cn1ccc(NC(=O)c2ccccc2)nc1=O.[CH3-].[Y]. The Kier molecular flexibility index (Phi) is 14.4. The molecule has 1 amide bonds. The van der Waals surface area contributed by atoms with Crippen LogP contribution in [0.15, 0.2) is 47.4 Å². The Balaban J connectivity index is 0. The van der Waals surface area contributed by atoms with Crippen LogP contribution in [0.3, 0.4) is 0 Å². The number of ether oxygens (including phenoxy) is 1. The number of hydrogen-bond donors (Lipinski definition) is 2. The van der Waals surface area contributed by atoms with E-state index in [1.165, 1.54) is 23.9 Å². The van der Waals surface area contributed by atoms with Gasteiger partial charge in [0.15, 0.2) is 0 Å². The van der Waals surface area contributed by atoms with Gasteiger partial charge in [-0.2, -0.15) is 4.98 Å². The molecule has 0 unspecified atom stereocenters. The van der Waals surface area contributed by atoms with Crippen LogP contribution in [0.5, 0.6) is 0 Å². The molecule has 2 aromatic rings. The minimum absolute atomic E-state index is 0. The van der Waals surface area contributed by atoms with Gasteiger partial charge in [0.1, 0.15) is 11.9 Å². The maximum absolute atomic E-state index is 12.0. The van der Waals surface area contributed by atoms with Gasteiger partial charge in [-0.15, -0.1) is 0 Å². The third-order valence-corrected chi connectivity index (χ3v) is 3.05. The van der Waals surface area contributed by atoms with E-state index in [2.05, 4.69) is 15.0 Å². The fourth-order valence-electron chi connectivity index (χ4n) is 1.85. The van der Waals surface area contributed by atoms with E-state index in [1.807, 2.05) is 13.8 Å². The van der Waals surface area contributed by atoms with Gasteiger partial charge in [-0.05, 0) is 18.2 Å². The van der Waals surface area contributed by atoms with Crippen LogP contribution in [-0.4, -0.2) is 34.6 Å². The normalized spacial score (nSPS) is 10.1. The summed E-state index contributed by atoms with van der Waals surface area (Å²) in [5.74, 6) is -0.883. The van der Waals surface area contributed by atoms with Gasteiger partial charge in [0.05, 0.1) is 13.7 Å². The van der Waals surface area contributed by atoms with Gasteiger partial charge in [0.2, 0.25) is 0 Å². The Hall–Kier alpha value is -1.90. The summed E-state index contributed by atoms with van der Waals surface area (Å²) in [5, 5.41) is 2.53. The van der Waals surface area contributed by atoms with Crippen molar-refractivity contribution in [2.75, 3.05) is 12.4 Å². The minimum atomic E-state index is -0.968. The summed E-state index contributed by atoms with van der Waals surface area (Å²) in [6.45, 7) is 3.94. The Labute approximate surface area is 184 Å². The van der Waals surface area contributed by atoms with Crippen LogP contribution >= 0.6 is 0 Å². The maximum Gasteiger partial charge on any atom is 0.349 e. The molecule has 1 aromatic carbocycles. The molecule has 0 spiro atoms. The van der Waals surface area contributed by atoms with Crippen molar-refractivity contribution in [2.24, 2.45) is 5.73 Å². The standard InChI is InChI=1S/C15H16N4O4.C2H6.CH3.Y/c1-23-14(21)11(16)9-19-8-7-12(18-15(19)22)17-13(20)10-5-3-2-4-6-10;1-2;;/h2-8,11H,9,16H2,1H3,(H,17,18,20,22);1-2H3;1H3;/q;;-1;/t11-;;;/m0.../s1. The Bertz CT molecular complexity index is 765. The van der Waals surface area contributed by atoms with E-state index in [0.29, 0.717) is 5.56 Å². The van der Waals surface area contributed by atoms with E-state index in [0.717, 1.165) is 0 Å².